The first-order valence-electron chi connectivity index (χ1n) is 6.97. The Morgan fingerprint density at radius 3 is 2.45 bits per heavy atom. The van der Waals surface area contributed by atoms with Crippen molar-refractivity contribution in [3.8, 4) is 11.8 Å². The molecule has 1 unspecified atom stereocenters. The van der Waals surface area contributed by atoms with E-state index < -0.39 is 0 Å². The number of aromatic hydroxyl groups is 1. The summed E-state index contributed by atoms with van der Waals surface area (Å²) >= 11 is 0. The van der Waals surface area contributed by atoms with Crippen molar-refractivity contribution in [1.29, 1.82) is 5.26 Å². The Labute approximate surface area is 119 Å². The molecule has 1 aliphatic rings. The van der Waals surface area contributed by atoms with Crippen molar-refractivity contribution in [2.45, 2.75) is 25.7 Å². The Balaban J connectivity index is 1.87. The second-order valence-electron chi connectivity index (χ2n) is 5.68. The first kappa shape index (κ1) is 12.7. The van der Waals surface area contributed by atoms with Gasteiger partial charge in [-0.15, -0.1) is 0 Å². The Bertz CT molecular complexity index is 654. The van der Waals surface area contributed by atoms with Crippen LogP contribution in [0.4, 0.5) is 0 Å². The molecule has 100 valence electrons. The van der Waals surface area contributed by atoms with Gasteiger partial charge in [0.25, 0.3) is 0 Å². The van der Waals surface area contributed by atoms with E-state index in [0.29, 0.717) is 0 Å². The second-order valence-corrected chi connectivity index (χ2v) is 5.68. The molecule has 0 heterocycles. The highest BCUT2D eigenvalue weighted by Gasteiger charge is 2.34. The van der Waals surface area contributed by atoms with Gasteiger partial charge in [-0.05, 0) is 54.5 Å². The summed E-state index contributed by atoms with van der Waals surface area (Å²) in [6, 6.07) is 18.2. The van der Waals surface area contributed by atoms with Crippen molar-refractivity contribution < 1.29 is 5.11 Å². The molecule has 0 radical (unpaired) electrons. The summed E-state index contributed by atoms with van der Waals surface area (Å²) < 4.78 is 0. The number of nitriles is 1. The molecule has 20 heavy (non-hydrogen) atoms. The highest BCUT2D eigenvalue weighted by molar-refractivity contribution is 5.35. The van der Waals surface area contributed by atoms with Crippen LogP contribution in [0, 0.1) is 16.7 Å². The zero-order valence-corrected chi connectivity index (χ0v) is 11.3. The number of nitrogens with zero attached hydrogens (tertiary/aromatic N) is 1. The minimum Gasteiger partial charge on any atom is -0.508 e. The van der Waals surface area contributed by atoms with Gasteiger partial charge in [-0.1, -0.05) is 36.4 Å². The third kappa shape index (κ3) is 2.40. The lowest BCUT2D eigenvalue weighted by atomic mass is 9.69. The molecule has 2 aromatic carbocycles. The van der Waals surface area contributed by atoms with Crippen molar-refractivity contribution in [2.24, 2.45) is 5.41 Å². The van der Waals surface area contributed by atoms with Crippen LogP contribution in [-0.4, -0.2) is 5.11 Å². The number of aryl methyl sites for hydroxylation is 1. The van der Waals surface area contributed by atoms with Gasteiger partial charge in [-0.25, -0.2) is 0 Å². The first-order chi connectivity index (χ1) is 9.71. The minimum absolute atomic E-state index is 0.272. The van der Waals surface area contributed by atoms with Gasteiger partial charge in [0, 0.05) is 0 Å². The molecule has 2 nitrogen and oxygen atoms in total. The monoisotopic (exact) mass is 263 g/mol. The van der Waals surface area contributed by atoms with Crippen LogP contribution in [0.2, 0.25) is 0 Å². The quantitative estimate of drug-likeness (QED) is 0.899. The topological polar surface area (TPSA) is 44.0 Å². The van der Waals surface area contributed by atoms with E-state index in [4.69, 9.17) is 0 Å². The van der Waals surface area contributed by atoms with Crippen LogP contribution < -0.4 is 0 Å². The Morgan fingerprint density at radius 2 is 1.75 bits per heavy atom. The molecule has 0 fully saturated rings. The summed E-state index contributed by atoms with van der Waals surface area (Å²) in [5.41, 5.74) is 3.48. The van der Waals surface area contributed by atoms with E-state index in [9.17, 15) is 10.4 Å². The maximum absolute atomic E-state index is 9.68. The predicted molar refractivity (Wildman–Crippen MR) is 78.3 cm³/mol. The van der Waals surface area contributed by atoms with Crippen molar-refractivity contribution >= 4 is 0 Å². The van der Waals surface area contributed by atoms with Crippen LogP contribution in [0.15, 0.2) is 48.5 Å². The molecule has 0 aromatic heterocycles. The van der Waals surface area contributed by atoms with Crippen molar-refractivity contribution in [1.82, 2.24) is 0 Å². The highest BCUT2D eigenvalue weighted by Crippen LogP contribution is 2.38. The predicted octanol–water partition coefficient (Wildman–Crippen LogP) is 3.63. The molecule has 0 saturated heterocycles. The molecule has 2 aromatic rings. The van der Waals surface area contributed by atoms with Gasteiger partial charge in [0.05, 0.1) is 11.5 Å². The smallest absolute Gasteiger partial charge is 0.115 e. The fourth-order valence-electron chi connectivity index (χ4n) is 3.09. The number of benzene rings is 2. The minimum atomic E-state index is -0.314. The fourth-order valence-corrected chi connectivity index (χ4v) is 3.09. The van der Waals surface area contributed by atoms with E-state index in [1.54, 1.807) is 12.1 Å². The molecule has 1 N–H and O–H groups in total. The maximum atomic E-state index is 9.68. The summed E-state index contributed by atoms with van der Waals surface area (Å²) in [7, 11) is 0. The van der Waals surface area contributed by atoms with E-state index in [-0.39, 0.29) is 11.2 Å². The van der Waals surface area contributed by atoms with E-state index in [2.05, 4.69) is 24.3 Å². The van der Waals surface area contributed by atoms with Gasteiger partial charge in [0.2, 0.25) is 0 Å². The summed E-state index contributed by atoms with van der Waals surface area (Å²) in [4.78, 5) is 0. The molecule has 0 aliphatic heterocycles. The van der Waals surface area contributed by atoms with Gasteiger partial charge in [-0.2, -0.15) is 5.26 Å². The standard InChI is InChI=1S/C18H17NO/c19-13-18(11-14-5-7-17(20)8-6-14)10-9-15-3-1-2-4-16(15)12-18/h1-8,20H,9-12H2. The second kappa shape index (κ2) is 5.02. The van der Waals surface area contributed by atoms with Gasteiger partial charge in [0.1, 0.15) is 5.75 Å². The molecule has 0 bridgehead atoms. The van der Waals surface area contributed by atoms with Crippen LogP contribution >= 0.6 is 0 Å². The van der Waals surface area contributed by atoms with E-state index in [1.807, 2.05) is 18.2 Å². The fraction of sp³-hybridized carbons (Fsp3) is 0.278. The van der Waals surface area contributed by atoms with Crippen LogP contribution in [-0.2, 0) is 19.3 Å². The lowest BCUT2D eigenvalue weighted by molar-refractivity contribution is 0.339. The molecular weight excluding hydrogens is 246 g/mol. The van der Waals surface area contributed by atoms with E-state index in [0.717, 1.165) is 31.2 Å². The SMILES string of the molecule is N#CC1(Cc2ccc(O)cc2)CCc2ccccc2C1. The number of phenolic OH excluding ortho intramolecular Hbond substituents is 1. The Hall–Kier alpha value is -2.27. The number of fused-ring (bicyclic) bond motifs is 1. The zero-order valence-electron chi connectivity index (χ0n) is 11.3. The molecule has 1 atom stereocenters. The summed E-state index contributed by atoms with van der Waals surface area (Å²) in [6.07, 6.45) is 3.45. The van der Waals surface area contributed by atoms with Gasteiger partial charge >= 0.3 is 0 Å². The Kier molecular flexibility index (Phi) is 3.20. The number of hydrogen-bond donors (Lipinski definition) is 1. The highest BCUT2D eigenvalue weighted by atomic mass is 16.3. The molecule has 0 spiro atoms. The van der Waals surface area contributed by atoms with Gasteiger partial charge < -0.3 is 5.11 Å². The number of hydrogen-bond acceptors (Lipinski definition) is 2. The average Bonchev–Trinajstić information content (AvgIpc) is 2.49. The number of phenols is 1. The van der Waals surface area contributed by atoms with Crippen LogP contribution in [0.3, 0.4) is 0 Å². The molecule has 1 aliphatic carbocycles. The average molecular weight is 263 g/mol. The maximum Gasteiger partial charge on any atom is 0.115 e. The third-order valence-corrected chi connectivity index (χ3v) is 4.24. The van der Waals surface area contributed by atoms with E-state index in [1.165, 1.54) is 11.1 Å². The lowest BCUT2D eigenvalue weighted by Gasteiger charge is -2.32. The van der Waals surface area contributed by atoms with Crippen molar-refractivity contribution in [3.05, 3.63) is 65.2 Å². The molecular formula is C18H17NO. The summed E-state index contributed by atoms with van der Waals surface area (Å²) in [5, 5.41) is 19.0. The van der Waals surface area contributed by atoms with Crippen molar-refractivity contribution in [2.75, 3.05) is 0 Å². The summed E-state index contributed by atoms with van der Waals surface area (Å²) in [6.45, 7) is 0. The van der Waals surface area contributed by atoms with Crippen LogP contribution in [0.25, 0.3) is 0 Å². The van der Waals surface area contributed by atoms with Gasteiger partial charge in [0.15, 0.2) is 0 Å². The molecule has 2 heteroatoms. The Morgan fingerprint density at radius 1 is 1.05 bits per heavy atom. The van der Waals surface area contributed by atoms with Crippen LogP contribution in [0.1, 0.15) is 23.1 Å². The van der Waals surface area contributed by atoms with E-state index >= 15 is 0 Å². The van der Waals surface area contributed by atoms with Gasteiger partial charge in [-0.3, -0.25) is 0 Å². The van der Waals surface area contributed by atoms with Crippen LogP contribution in [0.5, 0.6) is 5.75 Å². The molecule has 3 rings (SSSR count). The van der Waals surface area contributed by atoms with Crippen molar-refractivity contribution in [3.63, 3.8) is 0 Å². The normalized spacial score (nSPS) is 20.9. The lowest BCUT2D eigenvalue weighted by Crippen LogP contribution is -2.29. The zero-order chi connectivity index (χ0) is 14.0. The third-order valence-electron chi connectivity index (χ3n) is 4.24. The largest absolute Gasteiger partial charge is 0.508 e. The molecule has 0 amide bonds. The first-order valence-corrected chi connectivity index (χ1v) is 6.97. The summed E-state index contributed by atoms with van der Waals surface area (Å²) in [5.74, 6) is 0.272. The number of rotatable bonds is 2. The molecule has 0 saturated carbocycles.